The fraction of sp³-hybridized carbons (Fsp3) is 0.500. The van der Waals surface area contributed by atoms with Gasteiger partial charge in [0, 0.05) is 13.0 Å². The monoisotopic (exact) mass is 242 g/mol. The average molecular weight is 243 g/mol. The zero-order valence-electron chi connectivity index (χ0n) is 9.38. The summed E-state index contributed by atoms with van der Waals surface area (Å²) in [4.78, 5) is 10.5. The molecule has 1 heterocycles. The number of primary amides is 1. The number of rotatable bonds is 5. The van der Waals surface area contributed by atoms with Gasteiger partial charge in [-0.2, -0.15) is 0 Å². The minimum Gasteiger partial charge on any atom is -0.370 e. The van der Waals surface area contributed by atoms with E-state index in [4.69, 9.17) is 17.3 Å². The van der Waals surface area contributed by atoms with Gasteiger partial charge in [0.2, 0.25) is 5.91 Å². The minimum absolute atomic E-state index is 0.295. The molecule has 0 fully saturated rings. The topological polar surface area (TPSA) is 80.9 Å². The van der Waals surface area contributed by atoms with Crippen LogP contribution in [0, 0.1) is 13.8 Å². The van der Waals surface area contributed by atoms with Crippen molar-refractivity contribution in [3.8, 4) is 0 Å². The van der Waals surface area contributed by atoms with Gasteiger partial charge in [-0.15, -0.1) is 10.2 Å². The summed E-state index contributed by atoms with van der Waals surface area (Å²) in [5.74, 6) is 0.406. The molecule has 1 rings (SSSR count). The summed E-state index contributed by atoms with van der Waals surface area (Å²) in [5, 5.41) is 11.3. The van der Waals surface area contributed by atoms with Gasteiger partial charge in [0.15, 0.2) is 11.0 Å². The van der Waals surface area contributed by atoms with Gasteiger partial charge in [-0.3, -0.25) is 4.79 Å². The van der Waals surface area contributed by atoms with Crippen molar-refractivity contribution in [3.05, 3.63) is 16.3 Å². The van der Waals surface area contributed by atoms with Gasteiger partial charge in [0.25, 0.3) is 0 Å². The van der Waals surface area contributed by atoms with Gasteiger partial charge in [-0.05, 0) is 31.4 Å². The smallest absolute Gasteiger partial charge is 0.217 e. The van der Waals surface area contributed by atoms with Crippen LogP contribution in [-0.2, 0) is 4.79 Å². The molecule has 6 heteroatoms. The predicted molar refractivity (Wildman–Crippen MR) is 63.4 cm³/mol. The Morgan fingerprint density at radius 3 is 2.69 bits per heavy atom. The Bertz CT molecular complexity index is 395. The molecule has 0 aromatic carbocycles. The van der Waals surface area contributed by atoms with Crippen LogP contribution in [0.25, 0.3) is 0 Å². The highest BCUT2D eigenvalue weighted by Crippen LogP contribution is 2.20. The SMILES string of the molecule is Cc1c(Cl)nnc(NCCCC(N)=O)c1C. The molecule has 0 saturated carbocycles. The number of nitrogens with zero attached hydrogens (tertiary/aromatic N) is 2. The van der Waals surface area contributed by atoms with Gasteiger partial charge in [0.1, 0.15) is 0 Å². The summed E-state index contributed by atoms with van der Waals surface area (Å²) >= 11 is 5.83. The van der Waals surface area contributed by atoms with E-state index in [1.165, 1.54) is 0 Å². The molecule has 1 amide bonds. The molecule has 5 nitrogen and oxygen atoms in total. The zero-order chi connectivity index (χ0) is 12.1. The van der Waals surface area contributed by atoms with Gasteiger partial charge in [-0.1, -0.05) is 11.6 Å². The van der Waals surface area contributed by atoms with Crippen molar-refractivity contribution in [1.82, 2.24) is 10.2 Å². The van der Waals surface area contributed by atoms with E-state index in [-0.39, 0.29) is 5.91 Å². The fourth-order valence-electron chi connectivity index (χ4n) is 1.21. The highest BCUT2D eigenvalue weighted by Gasteiger charge is 2.07. The molecule has 0 unspecified atom stereocenters. The van der Waals surface area contributed by atoms with Crippen molar-refractivity contribution < 1.29 is 4.79 Å². The van der Waals surface area contributed by atoms with Crippen molar-refractivity contribution in [2.24, 2.45) is 5.73 Å². The lowest BCUT2D eigenvalue weighted by atomic mass is 10.2. The van der Waals surface area contributed by atoms with Crippen molar-refractivity contribution in [2.75, 3.05) is 11.9 Å². The zero-order valence-corrected chi connectivity index (χ0v) is 10.1. The molecule has 0 saturated heterocycles. The quantitative estimate of drug-likeness (QED) is 0.766. The number of carbonyl (C=O) groups excluding carboxylic acids is 1. The first-order valence-corrected chi connectivity index (χ1v) is 5.41. The van der Waals surface area contributed by atoms with Crippen LogP contribution in [0.5, 0.6) is 0 Å². The van der Waals surface area contributed by atoms with Crippen LogP contribution in [0.3, 0.4) is 0 Å². The molecule has 0 aliphatic heterocycles. The molecule has 0 radical (unpaired) electrons. The van der Waals surface area contributed by atoms with Crippen LogP contribution < -0.4 is 11.1 Å². The van der Waals surface area contributed by atoms with Crippen LogP contribution in [0.15, 0.2) is 0 Å². The third-order valence-electron chi connectivity index (χ3n) is 2.36. The molecule has 0 aliphatic rings. The largest absolute Gasteiger partial charge is 0.370 e. The Labute approximate surface area is 99.4 Å². The lowest BCUT2D eigenvalue weighted by molar-refractivity contribution is -0.118. The lowest BCUT2D eigenvalue weighted by Crippen LogP contribution is -2.13. The standard InChI is InChI=1S/C10H15ClN4O/c1-6-7(2)10(15-14-9(6)11)13-5-3-4-8(12)16/h3-5H2,1-2H3,(H2,12,16)(H,13,15). The maximum atomic E-state index is 10.5. The molecule has 88 valence electrons. The van der Waals surface area contributed by atoms with E-state index in [0.717, 1.165) is 11.1 Å². The third kappa shape index (κ3) is 3.34. The van der Waals surface area contributed by atoms with E-state index in [2.05, 4.69) is 15.5 Å². The minimum atomic E-state index is -0.295. The maximum absolute atomic E-state index is 10.5. The summed E-state index contributed by atoms with van der Waals surface area (Å²) in [5.41, 5.74) is 6.92. The van der Waals surface area contributed by atoms with Crippen LogP contribution in [0.1, 0.15) is 24.0 Å². The van der Waals surface area contributed by atoms with Crippen molar-refractivity contribution in [1.29, 1.82) is 0 Å². The van der Waals surface area contributed by atoms with Crippen LogP contribution in [0.2, 0.25) is 5.15 Å². The first-order chi connectivity index (χ1) is 7.52. The number of nitrogens with one attached hydrogen (secondary N) is 1. The van der Waals surface area contributed by atoms with Crippen molar-refractivity contribution in [3.63, 3.8) is 0 Å². The first-order valence-electron chi connectivity index (χ1n) is 5.04. The summed E-state index contributed by atoms with van der Waals surface area (Å²) < 4.78 is 0. The number of hydrogen-bond donors (Lipinski definition) is 2. The third-order valence-corrected chi connectivity index (χ3v) is 2.72. The number of carbonyl (C=O) groups is 1. The first kappa shape index (κ1) is 12.7. The lowest BCUT2D eigenvalue weighted by Gasteiger charge is -2.09. The van der Waals surface area contributed by atoms with Gasteiger partial charge < -0.3 is 11.1 Å². The van der Waals surface area contributed by atoms with Gasteiger partial charge in [-0.25, -0.2) is 0 Å². The highest BCUT2D eigenvalue weighted by atomic mass is 35.5. The number of halogens is 1. The van der Waals surface area contributed by atoms with Gasteiger partial charge in [0.05, 0.1) is 0 Å². The molecule has 0 atom stereocenters. The van der Waals surface area contributed by atoms with E-state index < -0.39 is 0 Å². The second kappa shape index (κ2) is 5.65. The van der Waals surface area contributed by atoms with E-state index in [1.54, 1.807) is 0 Å². The molecule has 0 spiro atoms. The number of anilines is 1. The Kier molecular flexibility index (Phi) is 4.49. The van der Waals surface area contributed by atoms with Gasteiger partial charge >= 0.3 is 0 Å². The molecule has 1 aromatic rings. The van der Waals surface area contributed by atoms with Crippen molar-refractivity contribution in [2.45, 2.75) is 26.7 Å². The number of aromatic nitrogens is 2. The Hall–Kier alpha value is -1.36. The normalized spacial score (nSPS) is 10.2. The van der Waals surface area contributed by atoms with E-state index in [9.17, 15) is 4.79 Å². The highest BCUT2D eigenvalue weighted by molar-refractivity contribution is 6.30. The molecule has 16 heavy (non-hydrogen) atoms. The molecule has 1 aromatic heterocycles. The summed E-state index contributed by atoms with van der Waals surface area (Å²) in [6.45, 7) is 4.45. The summed E-state index contributed by atoms with van der Waals surface area (Å²) in [6, 6.07) is 0. The molecular formula is C10H15ClN4O. The second-order valence-electron chi connectivity index (χ2n) is 3.59. The Morgan fingerprint density at radius 2 is 2.06 bits per heavy atom. The number of hydrogen-bond acceptors (Lipinski definition) is 4. The summed E-state index contributed by atoms with van der Waals surface area (Å²) in [7, 11) is 0. The number of amides is 1. The Morgan fingerprint density at radius 1 is 1.38 bits per heavy atom. The summed E-state index contributed by atoms with van der Waals surface area (Å²) in [6.07, 6.45) is 1.05. The van der Waals surface area contributed by atoms with E-state index in [1.807, 2.05) is 13.8 Å². The second-order valence-corrected chi connectivity index (χ2v) is 3.94. The van der Waals surface area contributed by atoms with Crippen LogP contribution in [0.4, 0.5) is 5.82 Å². The number of nitrogens with two attached hydrogens (primary N) is 1. The van der Waals surface area contributed by atoms with Crippen molar-refractivity contribution >= 4 is 23.3 Å². The maximum Gasteiger partial charge on any atom is 0.217 e. The fourth-order valence-corrected chi connectivity index (χ4v) is 1.39. The molecule has 0 bridgehead atoms. The average Bonchev–Trinajstić information content (AvgIpc) is 2.23. The van der Waals surface area contributed by atoms with Crippen LogP contribution >= 0.6 is 11.6 Å². The van der Waals surface area contributed by atoms with E-state index >= 15 is 0 Å². The molecule has 0 aliphatic carbocycles. The molecular weight excluding hydrogens is 228 g/mol. The van der Waals surface area contributed by atoms with Crippen LogP contribution in [-0.4, -0.2) is 22.6 Å². The van der Waals surface area contributed by atoms with E-state index in [0.29, 0.717) is 30.4 Å². The predicted octanol–water partition coefficient (Wildman–Crippen LogP) is 1.42. The Balaban J connectivity index is 2.55. The molecule has 3 N–H and O–H groups in total.